The van der Waals surface area contributed by atoms with E-state index in [1.807, 2.05) is 24.1 Å². The molecule has 15 heavy (non-hydrogen) atoms. The third-order valence-electron chi connectivity index (χ3n) is 2.29. The molecule has 86 valence electrons. The van der Waals surface area contributed by atoms with Gasteiger partial charge in [0, 0.05) is 32.9 Å². The second-order valence-corrected chi connectivity index (χ2v) is 3.64. The number of ether oxygens (including phenoxy) is 1. The number of nitrogens with one attached hydrogen (secondary N) is 1. The Bertz CT molecular complexity index is 260. The first kappa shape index (κ1) is 12.2. The maximum absolute atomic E-state index is 5.44. The van der Waals surface area contributed by atoms with Crippen LogP contribution in [0.1, 0.15) is 25.5 Å². The van der Waals surface area contributed by atoms with Gasteiger partial charge in [-0.1, -0.05) is 13.3 Å². The van der Waals surface area contributed by atoms with Gasteiger partial charge in [0.15, 0.2) is 0 Å². The fraction of sp³-hybridized carbons (Fsp3) is 0.727. The summed E-state index contributed by atoms with van der Waals surface area (Å²) in [5.74, 6) is 0. The summed E-state index contributed by atoms with van der Waals surface area (Å²) in [6, 6.07) is 0. The monoisotopic (exact) mass is 211 g/mol. The summed E-state index contributed by atoms with van der Waals surface area (Å²) in [4.78, 5) is 4.05. The summed E-state index contributed by atoms with van der Waals surface area (Å²) in [5.41, 5.74) is 1.20. The highest BCUT2D eigenvalue weighted by atomic mass is 16.5. The number of aryl methyl sites for hydroxylation is 1. The van der Waals surface area contributed by atoms with Crippen molar-refractivity contribution in [1.82, 2.24) is 14.9 Å². The molecule has 0 amide bonds. The van der Waals surface area contributed by atoms with Crippen LogP contribution in [-0.4, -0.2) is 29.3 Å². The van der Waals surface area contributed by atoms with Crippen molar-refractivity contribution in [3.8, 4) is 0 Å². The Morgan fingerprint density at radius 3 is 3.00 bits per heavy atom. The summed E-state index contributed by atoms with van der Waals surface area (Å²) < 4.78 is 7.46. The van der Waals surface area contributed by atoms with Crippen molar-refractivity contribution in [2.24, 2.45) is 7.05 Å². The average Bonchev–Trinajstić information content (AvgIpc) is 2.63. The van der Waals surface area contributed by atoms with E-state index in [2.05, 4.69) is 17.2 Å². The Labute approximate surface area is 91.7 Å². The molecule has 0 spiro atoms. The van der Waals surface area contributed by atoms with Gasteiger partial charge in [-0.2, -0.15) is 0 Å². The van der Waals surface area contributed by atoms with Gasteiger partial charge in [0.1, 0.15) is 0 Å². The second kappa shape index (κ2) is 7.43. The van der Waals surface area contributed by atoms with E-state index >= 15 is 0 Å². The Morgan fingerprint density at radius 1 is 1.47 bits per heavy atom. The molecule has 0 saturated carbocycles. The molecule has 4 nitrogen and oxygen atoms in total. The second-order valence-electron chi connectivity index (χ2n) is 3.64. The van der Waals surface area contributed by atoms with Crippen LogP contribution in [-0.2, 0) is 18.3 Å². The molecule has 4 heteroatoms. The predicted molar refractivity (Wildman–Crippen MR) is 60.6 cm³/mol. The Balaban J connectivity index is 1.96. The molecule has 0 aliphatic rings. The van der Waals surface area contributed by atoms with Crippen molar-refractivity contribution < 1.29 is 4.74 Å². The number of hydrogen-bond donors (Lipinski definition) is 1. The summed E-state index contributed by atoms with van der Waals surface area (Å²) in [5, 5.41) is 3.32. The van der Waals surface area contributed by atoms with Crippen molar-refractivity contribution >= 4 is 0 Å². The molecular formula is C11H21N3O. The lowest BCUT2D eigenvalue weighted by molar-refractivity contribution is 0.132. The Hall–Kier alpha value is -0.870. The summed E-state index contributed by atoms with van der Waals surface area (Å²) in [6.07, 6.45) is 6.05. The molecule has 1 rings (SSSR count). The predicted octanol–water partition coefficient (Wildman–Crippen LogP) is 1.33. The van der Waals surface area contributed by atoms with Gasteiger partial charge < -0.3 is 14.6 Å². The molecule has 0 aliphatic heterocycles. The Kier molecular flexibility index (Phi) is 6.04. The minimum atomic E-state index is 0.790. The highest BCUT2D eigenvalue weighted by Gasteiger charge is 1.96. The van der Waals surface area contributed by atoms with E-state index in [1.54, 1.807) is 0 Å². The summed E-state index contributed by atoms with van der Waals surface area (Å²) >= 11 is 0. The standard InChI is InChI=1S/C11H21N3O/c1-3-4-6-15-7-5-12-8-11-9-13-10-14(11)2/h9-10,12H,3-8H2,1-2H3. The number of unbranched alkanes of at least 4 members (excludes halogenated alkanes) is 1. The molecule has 1 aromatic rings. The maximum Gasteiger partial charge on any atom is 0.0945 e. The fourth-order valence-electron chi connectivity index (χ4n) is 1.26. The first-order chi connectivity index (χ1) is 7.34. The van der Waals surface area contributed by atoms with E-state index in [-0.39, 0.29) is 0 Å². The topological polar surface area (TPSA) is 39.1 Å². The van der Waals surface area contributed by atoms with Crippen molar-refractivity contribution in [2.45, 2.75) is 26.3 Å². The lowest BCUT2D eigenvalue weighted by Crippen LogP contribution is -2.20. The molecule has 0 aromatic carbocycles. The minimum Gasteiger partial charge on any atom is -0.380 e. The van der Waals surface area contributed by atoms with Crippen LogP contribution >= 0.6 is 0 Å². The summed E-state index contributed by atoms with van der Waals surface area (Å²) in [7, 11) is 2.00. The quantitative estimate of drug-likeness (QED) is 0.659. The van der Waals surface area contributed by atoms with Crippen LogP contribution in [0.25, 0.3) is 0 Å². The molecule has 0 bridgehead atoms. The zero-order valence-corrected chi connectivity index (χ0v) is 9.70. The minimum absolute atomic E-state index is 0.790. The van der Waals surface area contributed by atoms with Gasteiger partial charge in [-0.25, -0.2) is 4.98 Å². The maximum atomic E-state index is 5.44. The van der Waals surface area contributed by atoms with Crippen LogP contribution in [0.5, 0.6) is 0 Å². The first-order valence-electron chi connectivity index (χ1n) is 5.58. The van der Waals surface area contributed by atoms with Crippen molar-refractivity contribution in [2.75, 3.05) is 19.8 Å². The van der Waals surface area contributed by atoms with Crippen molar-refractivity contribution in [3.63, 3.8) is 0 Å². The normalized spacial score (nSPS) is 10.8. The smallest absolute Gasteiger partial charge is 0.0945 e. The van der Waals surface area contributed by atoms with Gasteiger partial charge in [-0.15, -0.1) is 0 Å². The molecule has 1 N–H and O–H groups in total. The third-order valence-corrected chi connectivity index (χ3v) is 2.29. The molecule has 0 radical (unpaired) electrons. The van der Waals surface area contributed by atoms with Crippen molar-refractivity contribution in [3.05, 3.63) is 18.2 Å². The lowest BCUT2D eigenvalue weighted by Gasteiger charge is -2.06. The largest absolute Gasteiger partial charge is 0.380 e. The zero-order chi connectivity index (χ0) is 10.9. The SMILES string of the molecule is CCCCOCCNCc1cncn1C. The number of imidazole rings is 1. The molecule has 1 aromatic heterocycles. The van der Waals surface area contributed by atoms with E-state index in [0.717, 1.165) is 32.7 Å². The molecule has 0 fully saturated rings. The van der Waals surface area contributed by atoms with Crippen molar-refractivity contribution in [1.29, 1.82) is 0 Å². The van der Waals surface area contributed by atoms with E-state index in [0.29, 0.717) is 0 Å². The first-order valence-corrected chi connectivity index (χ1v) is 5.58. The van der Waals surface area contributed by atoms with Crippen LogP contribution in [0.2, 0.25) is 0 Å². The van der Waals surface area contributed by atoms with E-state index < -0.39 is 0 Å². The highest BCUT2D eigenvalue weighted by Crippen LogP contribution is 1.94. The van der Waals surface area contributed by atoms with Crippen LogP contribution < -0.4 is 5.32 Å². The van der Waals surface area contributed by atoms with Gasteiger partial charge in [0.2, 0.25) is 0 Å². The van der Waals surface area contributed by atoms with Gasteiger partial charge in [0.05, 0.1) is 18.6 Å². The van der Waals surface area contributed by atoms with Crippen LogP contribution in [0.15, 0.2) is 12.5 Å². The molecule has 0 unspecified atom stereocenters. The summed E-state index contributed by atoms with van der Waals surface area (Å²) in [6.45, 7) is 5.59. The van der Waals surface area contributed by atoms with Gasteiger partial charge in [-0.05, 0) is 6.42 Å². The number of aromatic nitrogens is 2. The van der Waals surface area contributed by atoms with Crippen LogP contribution in [0.3, 0.4) is 0 Å². The van der Waals surface area contributed by atoms with Crippen LogP contribution in [0, 0.1) is 0 Å². The molecule has 0 atom stereocenters. The fourth-order valence-corrected chi connectivity index (χ4v) is 1.26. The van der Waals surface area contributed by atoms with E-state index in [1.165, 1.54) is 12.1 Å². The van der Waals surface area contributed by atoms with E-state index in [4.69, 9.17) is 4.74 Å². The number of hydrogen-bond acceptors (Lipinski definition) is 3. The third kappa shape index (κ3) is 4.95. The van der Waals surface area contributed by atoms with Gasteiger partial charge in [0.25, 0.3) is 0 Å². The highest BCUT2D eigenvalue weighted by molar-refractivity contribution is 4.96. The van der Waals surface area contributed by atoms with E-state index in [9.17, 15) is 0 Å². The van der Waals surface area contributed by atoms with Gasteiger partial charge in [-0.3, -0.25) is 0 Å². The number of nitrogens with zero attached hydrogens (tertiary/aromatic N) is 2. The number of rotatable bonds is 8. The lowest BCUT2D eigenvalue weighted by atomic mass is 10.4. The van der Waals surface area contributed by atoms with Crippen LogP contribution in [0.4, 0.5) is 0 Å². The molecule has 0 saturated heterocycles. The molecular weight excluding hydrogens is 190 g/mol. The zero-order valence-electron chi connectivity index (χ0n) is 9.70. The van der Waals surface area contributed by atoms with Gasteiger partial charge >= 0.3 is 0 Å². The molecule has 1 heterocycles. The average molecular weight is 211 g/mol. The Morgan fingerprint density at radius 2 is 2.33 bits per heavy atom. The molecule has 0 aliphatic carbocycles.